The molecule has 2 heterocycles. The summed E-state index contributed by atoms with van der Waals surface area (Å²) in [6, 6.07) is 3.62. The lowest BCUT2D eigenvalue weighted by molar-refractivity contribution is 0.0944. The Morgan fingerprint density at radius 3 is 3.00 bits per heavy atom. The van der Waals surface area contributed by atoms with Crippen molar-refractivity contribution in [1.29, 1.82) is 0 Å². The highest BCUT2D eigenvalue weighted by Crippen LogP contribution is 2.31. The minimum Gasteiger partial charge on any atom is -0.397 e. The first-order chi connectivity index (χ1) is 9.49. The van der Waals surface area contributed by atoms with Crippen LogP contribution in [0.25, 0.3) is 10.2 Å². The summed E-state index contributed by atoms with van der Waals surface area (Å²) in [4.78, 5) is 17.7. The van der Waals surface area contributed by atoms with Crippen molar-refractivity contribution in [2.75, 3.05) is 17.7 Å². The van der Waals surface area contributed by atoms with Gasteiger partial charge in [-0.15, -0.1) is 11.3 Å². The first-order valence-corrected chi connectivity index (χ1v) is 8.77. The van der Waals surface area contributed by atoms with Crippen molar-refractivity contribution in [3.8, 4) is 0 Å². The monoisotopic (exact) mass is 311 g/mol. The standard InChI is InChI=1S/C13H17N3O2S2/c1-8(5-7-20(2)18)16-12(17)11-10(14)9-4-3-6-15-13(9)19-11/h3-4,6,8H,5,7,14H2,1-2H3,(H,16,17). The molecule has 0 fully saturated rings. The fourth-order valence-electron chi connectivity index (χ4n) is 1.82. The number of carbonyl (C=O) groups excluding carboxylic acids is 1. The molecular formula is C13H17N3O2S2. The van der Waals surface area contributed by atoms with Gasteiger partial charge in [-0.2, -0.15) is 0 Å². The average molecular weight is 311 g/mol. The Labute approximate surface area is 124 Å². The number of hydrogen-bond donors (Lipinski definition) is 2. The van der Waals surface area contributed by atoms with Crippen LogP contribution in [0.2, 0.25) is 0 Å². The summed E-state index contributed by atoms with van der Waals surface area (Å²) in [6.45, 7) is 1.90. The number of hydrogen-bond acceptors (Lipinski definition) is 5. The summed E-state index contributed by atoms with van der Waals surface area (Å²) in [5.74, 6) is 0.380. The number of nitrogens with two attached hydrogens (primary N) is 1. The number of rotatable bonds is 5. The molecule has 0 aromatic carbocycles. The number of pyridine rings is 1. The van der Waals surface area contributed by atoms with Crippen LogP contribution >= 0.6 is 11.3 Å². The normalized spacial score (nSPS) is 14.1. The summed E-state index contributed by atoms with van der Waals surface area (Å²) in [5.41, 5.74) is 6.47. The molecule has 108 valence electrons. The number of aromatic nitrogens is 1. The zero-order chi connectivity index (χ0) is 14.7. The van der Waals surface area contributed by atoms with Crippen LogP contribution in [0.1, 0.15) is 23.0 Å². The molecule has 2 rings (SSSR count). The van der Waals surface area contributed by atoms with E-state index in [0.717, 1.165) is 10.2 Å². The Morgan fingerprint density at radius 2 is 2.35 bits per heavy atom. The maximum absolute atomic E-state index is 12.2. The molecule has 3 N–H and O–H groups in total. The van der Waals surface area contributed by atoms with Gasteiger partial charge in [0.05, 0.1) is 5.69 Å². The lowest BCUT2D eigenvalue weighted by atomic mass is 10.2. The zero-order valence-electron chi connectivity index (χ0n) is 11.4. The predicted molar refractivity (Wildman–Crippen MR) is 84.5 cm³/mol. The van der Waals surface area contributed by atoms with Crippen molar-refractivity contribution in [2.45, 2.75) is 19.4 Å². The van der Waals surface area contributed by atoms with Crippen molar-refractivity contribution < 1.29 is 9.00 Å². The van der Waals surface area contributed by atoms with Gasteiger partial charge in [0.15, 0.2) is 0 Å². The third-order valence-electron chi connectivity index (χ3n) is 2.93. The van der Waals surface area contributed by atoms with Gasteiger partial charge in [0.1, 0.15) is 9.71 Å². The lowest BCUT2D eigenvalue weighted by Crippen LogP contribution is -2.33. The smallest absolute Gasteiger partial charge is 0.263 e. The average Bonchev–Trinajstić information content (AvgIpc) is 2.74. The number of amides is 1. The molecular weight excluding hydrogens is 294 g/mol. The summed E-state index contributed by atoms with van der Waals surface area (Å²) < 4.78 is 11.0. The molecule has 0 aliphatic rings. The number of carbonyl (C=O) groups is 1. The second kappa shape index (κ2) is 6.32. The Kier molecular flexibility index (Phi) is 4.72. The molecule has 7 heteroatoms. The summed E-state index contributed by atoms with van der Waals surface area (Å²) in [5, 5.41) is 3.69. The van der Waals surface area contributed by atoms with Crippen LogP contribution in [0, 0.1) is 0 Å². The molecule has 0 bridgehead atoms. The Hall–Kier alpha value is -1.47. The van der Waals surface area contributed by atoms with Crippen molar-refractivity contribution in [3.05, 3.63) is 23.2 Å². The molecule has 2 aromatic heterocycles. The van der Waals surface area contributed by atoms with Crippen molar-refractivity contribution in [1.82, 2.24) is 10.3 Å². The maximum Gasteiger partial charge on any atom is 0.263 e. The van der Waals surface area contributed by atoms with E-state index in [9.17, 15) is 9.00 Å². The van der Waals surface area contributed by atoms with Crippen LogP contribution in [0.3, 0.4) is 0 Å². The molecule has 2 atom stereocenters. The third-order valence-corrected chi connectivity index (χ3v) is 4.87. The minimum absolute atomic E-state index is 0.0380. The van der Waals surface area contributed by atoms with Gasteiger partial charge >= 0.3 is 0 Å². The molecule has 0 spiro atoms. The molecule has 5 nitrogen and oxygen atoms in total. The molecule has 0 saturated heterocycles. The van der Waals surface area contributed by atoms with Crippen LogP contribution in [-0.2, 0) is 10.8 Å². The second-order valence-electron chi connectivity index (χ2n) is 4.64. The van der Waals surface area contributed by atoms with E-state index in [1.165, 1.54) is 11.3 Å². The molecule has 1 amide bonds. The van der Waals surface area contributed by atoms with Gasteiger partial charge in [0, 0.05) is 40.4 Å². The number of anilines is 1. The second-order valence-corrected chi connectivity index (χ2v) is 7.20. The van der Waals surface area contributed by atoms with Crippen LogP contribution in [0.15, 0.2) is 18.3 Å². The van der Waals surface area contributed by atoms with Crippen LogP contribution in [0.5, 0.6) is 0 Å². The van der Waals surface area contributed by atoms with E-state index in [0.29, 0.717) is 22.7 Å². The topological polar surface area (TPSA) is 85.1 Å². The fourth-order valence-corrected chi connectivity index (χ4v) is 3.48. The van der Waals surface area contributed by atoms with E-state index >= 15 is 0 Å². The van der Waals surface area contributed by atoms with Crippen LogP contribution in [-0.4, -0.2) is 33.2 Å². The SMILES string of the molecule is CC(CCS(C)=O)NC(=O)c1sc2ncccc2c1N. The Balaban J connectivity index is 2.11. The minimum atomic E-state index is -0.846. The highest BCUT2D eigenvalue weighted by molar-refractivity contribution is 7.84. The highest BCUT2D eigenvalue weighted by Gasteiger charge is 2.18. The van der Waals surface area contributed by atoms with E-state index in [1.807, 2.05) is 13.0 Å². The number of fused-ring (bicyclic) bond motifs is 1. The number of nitrogens with zero attached hydrogens (tertiary/aromatic N) is 1. The number of thiophene rings is 1. The van der Waals surface area contributed by atoms with Crippen molar-refractivity contribution >= 4 is 43.9 Å². The molecule has 20 heavy (non-hydrogen) atoms. The van der Waals surface area contributed by atoms with E-state index in [1.54, 1.807) is 18.5 Å². The third kappa shape index (κ3) is 3.34. The molecule has 0 radical (unpaired) electrons. The van der Waals surface area contributed by atoms with Gasteiger partial charge in [-0.25, -0.2) is 4.98 Å². The molecule has 0 aliphatic heterocycles. The van der Waals surface area contributed by atoms with E-state index in [2.05, 4.69) is 10.3 Å². The quantitative estimate of drug-likeness (QED) is 0.881. The molecule has 0 aliphatic carbocycles. The van der Waals surface area contributed by atoms with E-state index in [4.69, 9.17) is 5.73 Å². The fraction of sp³-hybridized carbons (Fsp3) is 0.385. The van der Waals surface area contributed by atoms with Gasteiger partial charge in [-0.1, -0.05) is 0 Å². The Bertz CT molecular complexity index is 654. The molecule has 2 unspecified atom stereocenters. The Morgan fingerprint density at radius 1 is 1.60 bits per heavy atom. The van der Waals surface area contributed by atoms with Gasteiger partial charge in [-0.3, -0.25) is 9.00 Å². The largest absolute Gasteiger partial charge is 0.397 e. The van der Waals surface area contributed by atoms with Crippen LogP contribution < -0.4 is 11.1 Å². The van der Waals surface area contributed by atoms with Crippen molar-refractivity contribution in [2.24, 2.45) is 0 Å². The van der Waals surface area contributed by atoms with Gasteiger partial charge in [0.2, 0.25) is 0 Å². The van der Waals surface area contributed by atoms with E-state index in [-0.39, 0.29) is 11.9 Å². The van der Waals surface area contributed by atoms with Gasteiger partial charge < -0.3 is 11.1 Å². The molecule has 0 saturated carbocycles. The van der Waals surface area contributed by atoms with Gasteiger partial charge in [0.25, 0.3) is 5.91 Å². The highest BCUT2D eigenvalue weighted by atomic mass is 32.2. The van der Waals surface area contributed by atoms with E-state index < -0.39 is 10.8 Å². The number of nitrogens with one attached hydrogen (secondary N) is 1. The number of nitrogen functional groups attached to an aromatic ring is 1. The van der Waals surface area contributed by atoms with Crippen molar-refractivity contribution in [3.63, 3.8) is 0 Å². The predicted octanol–water partition coefficient (Wildman–Crippen LogP) is 1.77. The summed E-state index contributed by atoms with van der Waals surface area (Å²) in [7, 11) is -0.846. The first-order valence-electron chi connectivity index (χ1n) is 6.23. The summed E-state index contributed by atoms with van der Waals surface area (Å²) >= 11 is 1.29. The maximum atomic E-state index is 12.2. The lowest BCUT2D eigenvalue weighted by Gasteiger charge is -2.12. The summed E-state index contributed by atoms with van der Waals surface area (Å²) in [6.07, 6.45) is 4.02. The molecule has 2 aromatic rings. The zero-order valence-corrected chi connectivity index (χ0v) is 13.0. The van der Waals surface area contributed by atoms with Crippen LogP contribution in [0.4, 0.5) is 5.69 Å². The first kappa shape index (κ1) is 14.9. The van der Waals surface area contributed by atoms with Gasteiger partial charge in [-0.05, 0) is 25.5 Å².